The maximum atomic E-state index is 13.9. The molecule has 1 unspecified atom stereocenters. The average Bonchev–Trinajstić information content (AvgIpc) is 2.90. The Morgan fingerprint density at radius 2 is 1.51 bits per heavy atom. The summed E-state index contributed by atoms with van der Waals surface area (Å²) in [5.41, 5.74) is 1.89. The molecule has 0 bridgehead atoms. The van der Waals surface area contributed by atoms with Crippen LogP contribution in [-0.4, -0.2) is 44.3 Å². The first-order chi connectivity index (χ1) is 18.4. The minimum Gasteiger partial charge on any atom is -0.354 e. The third-order valence-electron chi connectivity index (χ3n) is 6.15. The van der Waals surface area contributed by atoms with Crippen LogP contribution in [-0.2, 0) is 26.2 Å². The van der Waals surface area contributed by atoms with Crippen LogP contribution in [0.25, 0.3) is 0 Å². The van der Waals surface area contributed by atoms with Crippen LogP contribution < -0.4 is 9.62 Å². The van der Waals surface area contributed by atoms with Crippen LogP contribution in [0.3, 0.4) is 0 Å². The minimum atomic E-state index is -4.16. The highest BCUT2D eigenvalue weighted by atomic mass is 35.5. The first kappa shape index (κ1) is 30.5. The number of anilines is 1. The molecule has 0 fully saturated rings. The Hall–Kier alpha value is -3.07. The molecule has 10 heteroatoms. The molecule has 0 radical (unpaired) electrons. The van der Waals surface area contributed by atoms with E-state index in [1.807, 2.05) is 20.8 Å². The Bertz CT molecular complexity index is 1390. The molecule has 7 nitrogen and oxygen atoms in total. The molecule has 39 heavy (non-hydrogen) atoms. The predicted molar refractivity (Wildman–Crippen MR) is 156 cm³/mol. The van der Waals surface area contributed by atoms with Crippen molar-refractivity contribution in [2.24, 2.45) is 5.92 Å². The molecule has 1 atom stereocenters. The Morgan fingerprint density at radius 1 is 0.897 bits per heavy atom. The van der Waals surface area contributed by atoms with Crippen molar-refractivity contribution in [3.8, 4) is 0 Å². The number of benzene rings is 3. The number of carbonyl (C=O) groups excluding carboxylic acids is 2. The van der Waals surface area contributed by atoms with Crippen molar-refractivity contribution >= 4 is 50.7 Å². The fourth-order valence-corrected chi connectivity index (χ4v) is 5.55. The quantitative estimate of drug-likeness (QED) is 0.311. The van der Waals surface area contributed by atoms with Crippen LogP contribution in [0.2, 0.25) is 10.0 Å². The maximum Gasteiger partial charge on any atom is 0.264 e. The smallest absolute Gasteiger partial charge is 0.264 e. The van der Waals surface area contributed by atoms with Gasteiger partial charge in [-0.25, -0.2) is 8.42 Å². The van der Waals surface area contributed by atoms with Gasteiger partial charge in [0.1, 0.15) is 12.6 Å². The lowest BCUT2D eigenvalue weighted by atomic mass is 10.1. The lowest BCUT2D eigenvalue weighted by Crippen LogP contribution is -2.51. The summed E-state index contributed by atoms with van der Waals surface area (Å²) in [7, 11) is -4.16. The molecule has 0 aromatic heterocycles. The summed E-state index contributed by atoms with van der Waals surface area (Å²) in [5, 5.41) is 3.69. The lowest BCUT2D eigenvalue weighted by molar-refractivity contribution is -0.139. The second-order valence-electron chi connectivity index (χ2n) is 9.73. The fraction of sp³-hybridized carbons (Fsp3) is 0.310. The molecular formula is C29H33Cl2N3O4S. The molecule has 1 N–H and O–H groups in total. The molecule has 0 saturated carbocycles. The van der Waals surface area contributed by atoms with E-state index in [2.05, 4.69) is 5.32 Å². The van der Waals surface area contributed by atoms with Crippen LogP contribution in [0, 0.1) is 12.8 Å². The summed E-state index contributed by atoms with van der Waals surface area (Å²) in [6, 6.07) is 18.7. The number of rotatable bonds is 11. The molecule has 3 rings (SSSR count). The zero-order valence-corrected chi connectivity index (χ0v) is 24.7. The number of aryl methyl sites for hydroxylation is 1. The van der Waals surface area contributed by atoms with E-state index in [1.165, 1.54) is 29.2 Å². The van der Waals surface area contributed by atoms with Gasteiger partial charge in [0.05, 0.1) is 10.6 Å². The molecule has 0 saturated heterocycles. The molecule has 2 amide bonds. The van der Waals surface area contributed by atoms with Gasteiger partial charge < -0.3 is 10.2 Å². The van der Waals surface area contributed by atoms with Gasteiger partial charge in [-0.3, -0.25) is 13.9 Å². The first-order valence-corrected chi connectivity index (χ1v) is 14.7. The summed E-state index contributed by atoms with van der Waals surface area (Å²) >= 11 is 12.4. The molecule has 0 aliphatic carbocycles. The van der Waals surface area contributed by atoms with E-state index < -0.39 is 28.5 Å². The van der Waals surface area contributed by atoms with Gasteiger partial charge in [0.25, 0.3) is 10.0 Å². The van der Waals surface area contributed by atoms with Gasteiger partial charge in [-0.1, -0.05) is 72.9 Å². The van der Waals surface area contributed by atoms with Crippen molar-refractivity contribution in [1.29, 1.82) is 0 Å². The molecule has 3 aromatic rings. The number of nitrogens with one attached hydrogen (secondary N) is 1. The normalized spacial score (nSPS) is 12.2. The SMILES string of the molecule is Cc1ccc(N(CC(=O)N(Cc2ccccc2Cl)C(C)C(=O)NCC(C)C)S(=O)(=O)c2ccc(Cl)cc2)cc1. The zero-order chi connectivity index (χ0) is 28.7. The number of amides is 2. The van der Waals surface area contributed by atoms with Crippen LogP contribution >= 0.6 is 23.2 Å². The molecule has 0 aliphatic heterocycles. The van der Waals surface area contributed by atoms with E-state index >= 15 is 0 Å². The highest BCUT2D eigenvalue weighted by Crippen LogP contribution is 2.26. The highest BCUT2D eigenvalue weighted by molar-refractivity contribution is 7.92. The van der Waals surface area contributed by atoms with E-state index in [1.54, 1.807) is 55.5 Å². The standard InChI is InChI=1S/C29H33Cl2N3O4S/c1-20(2)17-32-29(36)22(4)33(18-23-7-5-6-8-27(23)31)28(35)19-34(25-13-9-21(3)10-14-25)39(37,38)26-15-11-24(30)12-16-26/h5-16,20,22H,17-19H2,1-4H3,(H,32,36). The summed E-state index contributed by atoms with van der Waals surface area (Å²) in [6.45, 7) is 7.39. The predicted octanol–water partition coefficient (Wildman–Crippen LogP) is 5.69. The number of sulfonamides is 1. The van der Waals surface area contributed by atoms with E-state index in [0.717, 1.165) is 9.87 Å². The fourth-order valence-electron chi connectivity index (χ4n) is 3.82. The van der Waals surface area contributed by atoms with E-state index in [0.29, 0.717) is 27.8 Å². The van der Waals surface area contributed by atoms with E-state index in [9.17, 15) is 18.0 Å². The zero-order valence-electron chi connectivity index (χ0n) is 22.4. The Balaban J connectivity index is 2.01. The van der Waals surface area contributed by atoms with Crippen molar-refractivity contribution in [2.45, 2.75) is 45.2 Å². The summed E-state index contributed by atoms with van der Waals surface area (Å²) in [4.78, 5) is 28.3. The number of hydrogen-bond acceptors (Lipinski definition) is 4. The maximum absolute atomic E-state index is 13.9. The number of nitrogens with zero attached hydrogens (tertiary/aromatic N) is 2. The number of hydrogen-bond donors (Lipinski definition) is 1. The summed E-state index contributed by atoms with van der Waals surface area (Å²) in [6.07, 6.45) is 0. The molecule has 0 aliphatic rings. The Kier molecular flexibility index (Phi) is 10.4. The van der Waals surface area contributed by atoms with Gasteiger partial charge in [0.2, 0.25) is 11.8 Å². The average molecular weight is 591 g/mol. The largest absolute Gasteiger partial charge is 0.354 e. The van der Waals surface area contributed by atoms with Gasteiger partial charge in [0, 0.05) is 23.1 Å². The lowest BCUT2D eigenvalue weighted by Gasteiger charge is -2.32. The van der Waals surface area contributed by atoms with Crippen LogP contribution in [0.1, 0.15) is 31.9 Å². The van der Waals surface area contributed by atoms with Crippen molar-refractivity contribution in [3.05, 3.63) is 94.0 Å². The van der Waals surface area contributed by atoms with Gasteiger partial charge in [-0.2, -0.15) is 0 Å². The molecular weight excluding hydrogens is 557 g/mol. The molecule has 208 valence electrons. The molecule has 0 heterocycles. The van der Waals surface area contributed by atoms with Crippen LogP contribution in [0.15, 0.2) is 77.7 Å². The minimum absolute atomic E-state index is 0.0133. The van der Waals surface area contributed by atoms with E-state index in [4.69, 9.17) is 23.2 Å². The van der Waals surface area contributed by atoms with Crippen molar-refractivity contribution in [3.63, 3.8) is 0 Å². The summed E-state index contributed by atoms with van der Waals surface area (Å²) in [5.74, 6) is -0.679. The van der Waals surface area contributed by atoms with Gasteiger partial charge in [-0.15, -0.1) is 0 Å². The second-order valence-corrected chi connectivity index (χ2v) is 12.4. The Labute approximate surface area is 240 Å². The third-order valence-corrected chi connectivity index (χ3v) is 8.56. The van der Waals surface area contributed by atoms with Crippen LogP contribution in [0.5, 0.6) is 0 Å². The highest BCUT2D eigenvalue weighted by Gasteiger charge is 2.32. The van der Waals surface area contributed by atoms with Crippen LogP contribution in [0.4, 0.5) is 5.69 Å². The topological polar surface area (TPSA) is 86.8 Å². The third kappa shape index (κ3) is 7.97. The van der Waals surface area contributed by atoms with Gasteiger partial charge >= 0.3 is 0 Å². The van der Waals surface area contributed by atoms with Gasteiger partial charge in [0.15, 0.2) is 0 Å². The first-order valence-electron chi connectivity index (χ1n) is 12.6. The van der Waals surface area contributed by atoms with E-state index in [-0.39, 0.29) is 23.3 Å². The van der Waals surface area contributed by atoms with Crippen molar-refractivity contribution < 1.29 is 18.0 Å². The Morgan fingerprint density at radius 3 is 2.10 bits per heavy atom. The monoisotopic (exact) mass is 589 g/mol. The second kappa shape index (κ2) is 13.3. The number of carbonyl (C=O) groups is 2. The van der Waals surface area contributed by atoms with Gasteiger partial charge in [-0.05, 0) is 67.8 Å². The van der Waals surface area contributed by atoms with Crippen molar-refractivity contribution in [1.82, 2.24) is 10.2 Å². The summed E-state index contributed by atoms with van der Waals surface area (Å²) < 4.78 is 28.6. The number of halogens is 2. The molecule has 0 spiro atoms. The molecule has 3 aromatic carbocycles. The van der Waals surface area contributed by atoms with Crippen molar-refractivity contribution in [2.75, 3.05) is 17.4 Å².